The summed E-state index contributed by atoms with van der Waals surface area (Å²) in [4.78, 5) is 26.8. The van der Waals surface area contributed by atoms with Gasteiger partial charge in [0.15, 0.2) is 5.13 Å². The summed E-state index contributed by atoms with van der Waals surface area (Å²) in [5.74, 6) is 0.662. The molecule has 3 aromatic heterocycles. The summed E-state index contributed by atoms with van der Waals surface area (Å²) in [6, 6.07) is 10.5. The molecule has 1 amide bonds. The van der Waals surface area contributed by atoms with Crippen LogP contribution < -0.4 is 4.90 Å². The molecule has 7 heteroatoms. The third-order valence-electron chi connectivity index (χ3n) is 5.51. The second-order valence-corrected chi connectivity index (χ2v) is 9.57. The van der Waals surface area contributed by atoms with Crippen molar-refractivity contribution in [1.82, 2.24) is 14.9 Å². The zero-order valence-corrected chi connectivity index (χ0v) is 17.6. The molecule has 4 aromatic rings. The number of H-pyrrole nitrogens is 1. The fraction of sp³-hybridized carbons (Fsp3) is 0.333. The highest BCUT2D eigenvalue weighted by atomic mass is 32.1. The van der Waals surface area contributed by atoms with Crippen LogP contribution >= 0.6 is 22.7 Å². The molecule has 1 fully saturated rings. The van der Waals surface area contributed by atoms with Crippen LogP contribution in [-0.4, -0.2) is 48.0 Å². The Bertz CT molecular complexity index is 1120. The summed E-state index contributed by atoms with van der Waals surface area (Å²) < 4.78 is 1.10. The van der Waals surface area contributed by atoms with Crippen molar-refractivity contribution in [2.45, 2.75) is 18.8 Å². The lowest BCUT2D eigenvalue weighted by molar-refractivity contribution is 0.0718. The highest BCUT2D eigenvalue weighted by Gasteiger charge is 2.27. The van der Waals surface area contributed by atoms with Crippen molar-refractivity contribution in [3.05, 3.63) is 47.0 Å². The van der Waals surface area contributed by atoms with Crippen LogP contribution in [-0.2, 0) is 0 Å². The maximum absolute atomic E-state index is 13.0. The Kier molecular flexibility index (Phi) is 4.36. The Morgan fingerprint density at radius 2 is 2.00 bits per heavy atom. The molecule has 0 radical (unpaired) electrons. The number of amides is 1. The normalized spacial score (nSPS) is 15.6. The summed E-state index contributed by atoms with van der Waals surface area (Å²) in [5, 5.41) is 2.30. The number of anilines is 1. The Morgan fingerprint density at radius 3 is 2.75 bits per heavy atom. The van der Waals surface area contributed by atoms with Gasteiger partial charge < -0.3 is 14.8 Å². The fourth-order valence-corrected chi connectivity index (χ4v) is 6.10. The lowest BCUT2D eigenvalue weighted by Gasteiger charge is -2.31. The number of likely N-dealkylation sites (tertiary alicyclic amines) is 1. The molecule has 1 aliphatic heterocycles. The molecular weight excluding hydrogens is 388 g/mol. The number of carbonyl (C=O) groups excluding carboxylic acids is 1. The molecule has 0 spiro atoms. The van der Waals surface area contributed by atoms with E-state index in [4.69, 9.17) is 0 Å². The zero-order chi connectivity index (χ0) is 19.3. The number of benzene rings is 1. The predicted octanol–water partition coefficient (Wildman–Crippen LogP) is 4.92. The van der Waals surface area contributed by atoms with Crippen molar-refractivity contribution in [1.29, 1.82) is 0 Å². The van der Waals surface area contributed by atoms with E-state index in [1.165, 1.54) is 27.8 Å². The first-order valence-electron chi connectivity index (χ1n) is 9.53. The number of hydrogen-bond acceptors (Lipinski definition) is 5. The number of rotatable bonds is 3. The number of aromatic amines is 1. The van der Waals surface area contributed by atoms with Crippen LogP contribution in [0.25, 0.3) is 20.4 Å². The van der Waals surface area contributed by atoms with Crippen molar-refractivity contribution in [2.24, 2.45) is 0 Å². The first-order chi connectivity index (χ1) is 13.6. The third kappa shape index (κ3) is 2.99. The molecule has 1 aliphatic rings. The van der Waals surface area contributed by atoms with Gasteiger partial charge in [0.1, 0.15) is 4.83 Å². The van der Waals surface area contributed by atoms with Crippen LogP contribution in [0.1, 0.15) is 34.0 Å². The van der Waals surface area contributed by atoms with E-state index in [2.05, 4.69) is 40.4 Å². The molecule has 5 rings (SSSR count). The third-order valence-corrected chi connectivity index (χ3v) is 7.83. The van der Waals surface area contributed by atoms with Gasteiger partial charge in [-0.2, -0.15) is 0 Å². The van der Waals surface area contributed by atoms with E-state index >= 15 is 0 Å². The molecule has 5 nitrogen and oxygen atoms in total. The number of thiophene rings is 1. The van der Waals surface area contributed by atoms with Gasteiger partial charge in [-0.1, -0.05) is 29.5 Å². The molecule has 0 atom stereocenters. The highest BCUT2D eigenvalue weighted by Crippen LogP contribution is 2.36. The molecule has 0 bridgehead atoms. The first kappa shape index (κ1) is 17.7. The minimum atomic E-state index is 0.152. The van der Waals surface area contributed by atoms with Gasteiger partial charge in [0.25, 0.3) is 5.91 Å². The molecule has 28 heavy (non-hydrogen) atoms. The van der Waals surface area contributed by atoms with Gasteiger partial charge in [0.2, 0.25) is 0 Å². The smallest absolute Gasteiger partial charge is 0.264 e. The number of aromatic nitrogens is 2. The summed E-state index contributed by atoms with van der Waals surface area (Å²) >= 11 is 3.16. The van der Waals surface area contributed by atoms with Crippen LogP contribution in [0.4, 0.5) is 5.13 Å². The Balaban J connectivity index is 1.29. The van der Waals surface area contributed by atoms with Gasteiger partial charge in [-0.25, -0.2) is 4.98 Å². The largest absolute Gasteiger partial charge is 0.361 e. The summed E-state index contributed by atoms with van der Waals surface area (Å²) in [5.41, 5.74) is 2.58. The van der Waals surface area contributed by atoms with Gasteiger partial charge in [-0.05, 0) is 36.5 Å². The average molecular weight is 411 g/mol. The van der Waals surface area contributed by atoms with Gasteiger partial charge in [0.05, 0.1) is 9.58 Å². The van der Waals surface area contributed by atoms with Gasteiger partial charge >= 0.3 is 0 Å². The second-order valence-electron chi connectivity index (χ2n) is 7.53. The molecular formula is C21H22N4OS2. The lowest BCUT2D eigenvalue weighted by Crippen LogP contribution is -2.37. The molecule has 1 N–H and O–H groups in total. The number of nitrogens with zero attached hydrogens (tertiary/aromatic N) is 3. The maximum Gasteiger partial charge on any atom is 0.264 e. The van der Waals surface area contributed by atoms with E-state index < -0.39 is 0 Å². The van der Waals surface area contributed by atoms with Crippen LogP contribution in [0.2, 0.25) is 0 Å². The average Bonchev–Trinajstić information content (AvgIpc) is 3.40. The minimum absolute atomic E-state index is 0.152. The molecule has 0 saturated carbocycles. The molecule has 0 unspecified atom stereocenters. The molecule has 4 heterocycles. The second kappa shape index (κ2) is 6.90. The summed E-state index contributed by atoms with van der Waals surface area (Å²) in [6.45, 7) is 1.62. The molecule has 1 aromatic carbocycles. The molecule has 0 aliphatic carbocycles. The Labute approximate surface area is 171 Å². The number of fused-ring (bicyclic) bond motifs is 2. The molecule has 1 saturated heterocycles. The number of para-hydroxylation sites is 1. The minimum Gasteiger partial charge on any atom is -0.361 e. The van der Waals surface area contributed by atoms with E-state index in [1.807, 2.05) is 30.0 Å². The van der Waals surface area contributed by atoms with E-state index in [-0.39, 0.29) is 5.91 Å². The van der Waals surface area contributed by atoms with Crippen LogP contribution in [0, 0.1) is 0 Å². The van der Waals surface area contributed by atoms with Crippen molar-refractivity contribution in [3.8, 4) is 0 Å². The summed E-state index contributed by atoms with van der Waals surface area (Å²) in [6.07, 6.45) is 4.17. The van der Waals surface area contributed by atoms with Crippen molar-refractivity contribution in [2.75, 3.05) is 32.1 Å². The number of thiazole rings is 1. The Hall–Kier alpha value is -2.38. The van der Waals surface area contributed by atoms with Crippen molar-refractivity contribution < 1.29 is 4.79 Å². The fourth-order valence-electron chi connectivity index (χ4n) is 4.00. The number of nitrogens with one attached hydrogen (secondary N) is 1. The first-order valence-corrected chi connectivity index (χ1v) is 11.2. The monoisotopic (exact) mass is 410 g/mol. The van der Waals surface area contributed by atoms with Gasteiger partial charge in [-0.3, -0.25) is 4.79 Å². The van der Waals surface area contributed by atoms with Crippen molar-refractivity contribution >= 4 is 54.1 Å². The summed E-state index contributed by atoms with van der Waals surface area (Å²) in [7, 11) is 3.98. The van der Waals surface area contributed by atoms with Crippen LogP contribution in [0.5, 0.6) is 0 Å². The van der Waals surface area contributed by atoms with E-state index in [9.17, 15) is 4.79 Å². The predicted molar refractivity (Wildman–Crippen MR) is 118 cm³/mol. The zero-order valence-electron chi connectivity index (χ0n) is 15.9. The lowest BCUT2D eigenvalue weighted by atomic mass is 9.89. The highest BCUT2D eigenvalue weighted by molar-refractivity contribution is 7.29. The van der Waals surface area contributed by atoms with Gasteiger partial charge in [0, 0.05) is 44.3 Å². The molecule has 144 valence electrons. The van der Waals surface area contributed by atoms with E-state index in [1.54, 1.807) is 11.3 Å². The van der Waals surface area contributed by atoms with Crippen LogP contribution in [0.15, 0.2) is 36.5 Å². The Morgan fingerprint density at radius 1 is 1.21 bits per heavy atom. The number of carbonyl (C=O) groups is 1. The quantitative estimate of drug-likeness (QED) is 0.521. The van der Waals surface area contributed by atoms with E-state index in [0.29, 0.717) is 5.92 Å². The maximum atomic E-state index is 13.0. The van der Waals surface area contributed by atoms with E-state index in [0.717, 1.165) is 45.5 Å². The van der Waals surface area contributed by atoms with Crippen molar-refractivity contribution in [3.63, 3.8) is 0 Å². The topological polar surface area (TPSA) is 52.2 Å². The number of hydrogen-bond donors (Lipinski definition) is 1. The van der Waals surface area contributed by atoms with Crippen LogP contribution in [0.3, 0.4) is 0 Å². The standard InChI is InChI=1S/C21H22N4OS2/c1-24(2)21-23-19-17(28-21)11-18(27-19)20(26)25-9-7-13(8-10-25)15-12-22-16-6-4-3-5-14(15)16/h3-6,11-13,22H,7-10H2,1-2H3. The van der Waals surface area contributed by atoms with Gasteiger partial charge in [-0.15, -0.1) is 11.3 Å². The SMILES string of the molecule is CN(C)c1nc2sc(C(=O)N3CCC(c4c[nH]c5ccccc45)CC3)cc2s1. The number of piperidine rings is 1.